The van der Waals surface area contributed by atoms with Crippen LogP contribution in [0.1, 0.15) is 11.1 Å². The number of thioether (sulfide) groups is 1. The van der Waals surface area contributed by atoms with E-state index < -0.39 is 0 Å². The fourth-order valence-electron chi connectivity index (χ4n) is 3.78. The second-order valence-corrected chi connectivity index (χ2v) is 8.58. The molecule has 2 heterocycles. The Kier molecular flexibility index (Phi) is 5.08. The van der Waals surface area contributed by atoms with Crippen molar-refractivity contribution in [3.8, 4) is 0 Å². The quantitative estimate of drug-likeness (QED) is 0.290. The summed E-state index contributed by atoms with van der Waals surface area (Å²) in [5.41, 5.74) is 6.03. The second kappa shape index (κ2) is 8.04. The van der Waals surface area contributed by atoms with Crippen molar-refractivity contribution >= 4 is 45.3 Å². The van der Waals surface area contributed by atoms with E-state index in [2.05, 4.69) is 23.5 Å². The molecule has 0 N–H and O–H groups in total. The SMILES string of the molecule is Cc1ccccc1CN(C)C(=O)CSc1nc2ccccc2c2nc3ccccc3n12. The number of carbonyl (C=O) groups excluding carboxylic acids is 1. The number of aromatic nitrogens is 3. The number of imidazole rings is 1. The third kappa shape index (κ3) is 3.64. The summed E-state index contributed by atoms with van der Waals surface area (Å²) in [6, 6.07) is 24.2. The zero-order valence-corrected chi connectivity index (χ0v) is 18.3. The summed E-state index contributed by atoms with van der Waals surface area (Å²) >= 11 is 1.46. The Morgan fingerprint density at radius 2 is 1.65 bits per heavy atom. The van der Waals surface area contributed by atoms with Gasteiger partial charge in [0.2, 0.25) is 5.91 Å². The van der Waals surface area contributed by atoms with Crippen LogP contribution in [0.2, 0.25) is 0 Å². The van der Waals surface area contributed by atoms with E-state index in [1.807, 2.05) is 67.7 Å². The first-order valence-electron chi connectivity index (χ1n) is 10.2. The van der Waals surface area contributed by atoms with Crippen molar-refractivity contribution in [2.24, 2.45) is 0 Å². The molecule has 31 heavy (non-hydrogen) atoms. The molecule has 0 aliphatic heterocycles. The highest BCUT2D eigenvalue weighted by molar-refractivity contribution is 7.99. The predicted octanol–water partition coefficient (Wildman–Crippen LogP) is 5.09. The normalized spacial score (nSPS) is 11.4. The van der Waals surface area contributed by atoms with Crippen molar-refractivity contribution in [3.05, 3.63) is 83.9 Å². The first-order chi connectivity index (χ1) is 15.1. The van der Waals surface area contributed by atoms with Crippen molar-refractivity contribution in [2.45, 2.75) is 18.6 Å². The topological polar surface area (TPSA) is 50.5 Å². The number of rotatable bonds is 5. The van der Waals surface area contributed by atoms with Crippen LogP contribution in [0.25, 0.3) is 27.6 Å². The lowest BCUT2D eigenvalue weighted by Crippen LogP contribution is -2.28. The Morgan fingerprint density at radius 3 is 2.48 bits per heavy atom. The Hall–Kier alpha value is -3.38. The molecule has 0 saturated carbocycles. The van der Waals surface area contributed by atoms with Gasteiger partial charge in [-0.2, -0.15) is 0 Å². The Labute approximate surface area is 184 Å². The average Bonchev–Trinajstić information content (AvgIpc) is 3.19. The van der Waals surface area contributed by atoms with Crippen molar-refractivity contribution in [1.29, 1.82) is 0 Å². The van der Waals surface area contributed by atoms with E-state index in [0.717, 1.165) is 38.3 Å². The van der Waals surface area contributed by atoms with Gasteiger partial charge in [0.15, 0.2) is 5.16 Å². The number of hydrogen-bond donors (Lipinski definition) is 0. The zero-order chi connectivity index (χ0) is 21.4. The number of para-hydroxylation sites is 3. The number of hydrogen-bond acceptors (Lipinski definition) is 4. The number of carbonyl (C=O) groups is 1. The first kappa shape index (κ1) is 19.6. The maximum atomic E-state index is 12.9. The fourth-order valence-corrected chi connectivity index (χ4v) is 4.73. The average molecular weight is 427 g/mol. The molecule has 0 atom stereocenters. The minimum absolute atomic E-state index is 0.0702. The Balaban J connectivity index is 1.47. The number of nitrogens with zero attached hydrogens (tertiary/aromatic N) is 4. The van der Waals surface area contributed by atoms with Crippen molar-refractivity contribution in [3.63, 3.8) is 0 Å². The molecule has 154 valence electrons. The molecule has 0 radical (unpaired) electrons. The third-order valence-electron chi connectivity index (χ3n) is 5.53. The number of aryl methyl sites for hydroxylation is 1. The van der Waals surface area contributed by atoms with Gasteiger partial charge in [-0.25, -0.2) is 9.97 Å². The minimum atomic E-state index is 0.0702. The van der Waals surface area contributed by atoms with Gasteiger partial charge < -0.3 is 4.90 Å². The number of fused-ring (bicyclic) bond motifs is 5. The molecule has 6 heteroatoms. The molecule has 5 nitrogen and oxygen atoms in total. The molecule has 5 rings (SSSR count). The zero-order valence-electron chi connectivity index (χ0n) is 17.4. The fraction of sp³-hybridized carbons (Fsp3) is 0.160. The highest BCUT2D eigenvalue weighted by atomic mass is 32.2. The summed E-state index contributed by atoms with van der Waals surface area (Å²) in [5.74, 6) is 0.385. The largest absolute Gasteiger partial charge is 0.341 e. The van der Waals surface area contributed by atoms with Crippen LogP contribution in [0.5, 0.6) is 0 Å². The van der Waals surface area contributed by atoms with Crippen LogP contribution in [0.3, 0.4) is 0 Å². The van der Waals surface area contributed by atoms with Crippen LogP contribution in [0.15, 0.2) is 78.0 Å². The maximum absolute atomic E-state index is 12.9. The van der Waals surface area contributed by atoms with E-state index in [0.29, 0.717) is 12.3 Å². The van der Waals surface area contributed by atoms with Gasteiger partial charge >= 0.3 is 0 Å². The van der Waals surface area contributed by atoms with Gasteiger partial charge in [-0.05, 0) is 42.3 Å². The van der Waals surface area contributed by atoms with E-state index in [1.165, 1.54) is 17.3 Å². The summed E-state index contributed by atoms with van der Waals surface area (Å²) in [5, 5.41) is 1.78. The highest BCUT2D eigenvalue weighted by Crippen LogP contribution is 2.29. The summed E-state index contributed by atoms with van der Waals surface area (Å²) < 4.78 is 2.07. The molecular weight excluding hydrogens is 404 g/mol. The molecule has 0 bridgehead atoms. The highest BCUT2D eigenvalue weighted by Gasteiger charge is 2.17. The summed E-state index contributed by atoms with van der Waals surface area (Å²) in [7, 11) is 1.85. The van der Waals surface area contributed by atoms with Gasteiger partial charge in [0.1, 0.15) is 5.65 Å². The summed E-state index contributed by atoms with van der Waals surface area (Å²) in [4.78, 5) is 24.4. The molecule has 0 spiro atoms. The van der Waals surface area contributed by atoms with Gasteiger partial charge in [-0.15, -0.1) is 0 Å². The predicted molar refractivity (Wildman–Crippen MR) is 126 cm³/mol. The van der Waals surface area contributed by atoms with E-state index in [9.17, 15) is 4.79 Å². The van der Waals surface area contributed by atoms with Gasteiger partial charge in [0, 0.05) is 19.0 Å². The number of amides is 1. The van der Waals surface area contributed by atoms with Crippen LogP contribution >= 0.6 is 11.8 Å². The maximum Gasteiger partial charge on any atom is 0.233 e. The molecule has 1 amide bonds. The molecule has 0 unspecified atom stereocenters. The van der Waals surface area contributed by atoms with Gasteiger partial charge in [0.05, 0.1) is 22.3 Å². The van der Waals surface area contributed by atoms with Crippen LogP contribution in [-0.2, 0) is 11.3 Å². The van der Waals surface area contributed by atoms with Gasteiger partial charge in [-0.3, -0.25) is 9.20 Å². The van der Waals surface area contributed by atoms with Crippen molar-refractivity contribution in [1.82, 2.24) is 19.3 Å². The molecule has 0 aliphatic rings. The summed E-state index contributed by atoms with van der Waals surface area (Å²) in [6.45, 7) is 2.67. The number of benzene rings is 3. The molecule has 0 fully saturated rings. The molecule has 3 aromatic carbocycles. The Morgan fingerprint density at radius 1 is 0.935 bits per heavy atom. The lowest BCUT2D eigenvalue weighted by molar-refractivity contribution is -0.127. The van der Waals surface area contributed by atoms with Gasteiger partial charge in [-0.1, -0.05) is 60.3 Å². The second-order valence-electron chi connectivity index (χ2n) is 7.64. The van der Waals surface area contributed by atoms with Crippen molar-refractivity contribution < 1.29 is 4.79 Å². The first-order valence-corrected chi connectivity index (χ1v) is 11.2. The van der Waals surface area contributed by atoms with Crippen LogP contribution in [0.4, 0.5) is 0 Å². The smallest absolute Gasteiger partial charge is 0.233 e. The Bertz CT molecular complexity index is 1430. The standard InChI is InChI=1S/C25H22N4OS/c1-17-9-3-4-10-18(17)15-28(2)23(30)16-31-25-27-20-12-6-5-11-19(20)24-26-21-13-7-8-14-22(21)29(24)25/h3-14H,15-16H2,1-2H3. The summed E-state index contributed by atoms with van der Waals surface area (Å²) in [6.07, 6.45) is 0. The monoisotopic (exact) mass is 426 g/mol. The van der Waals surface area contributed by atoms with Crippen molar-refractivity contribution in [2.75, 3.05) is 12.8 Å². The van der Waals surface area contributed by atoms with E-state index in [-0.39, 0.29) is 5.91 Å². The van der Waals surface area contributed by atoms with E-state index in [4.69, 9.17) is 9.97 Å². The van der Waals surface area contributed by atoms with E-state index in [1.54, 1.807) is 4.90 Å². The third-order valence-corrected chi connectivity index (χ3v) is 6.46. The molecule has 2 aromatic heterocycles. The van der Waals surface area contributed by atoms with Gasteiger partial charge in [0.25, 0.3) is 0 Å². The molecule has 0 saturated heterocycles. The molecular formula is C25H22N4OS. The van der Waals surface area contributed by atoms with Crippen LogP contribution in [0, 0.1) is 6.92 Å². The van der Waals surface area contributed by atoms with Crippen LogP contribution in [-0.4, -0.2) is 38.0 Å². The molecule has 5 aromatic rings. The molecule has 0 aliphatic carbocycles. The van der Waals surface area contributed by atoms with E-state index >= 15 is 0 Å². The lowest BCUT2D eigenvalue weighted by Gasteiger charge is -2.18. The van der Waals surface area contributed by atoms with Crippen LogP contribution < -0.4 is 0 Å². The lowest BCUT2D eigenvalue weighted by atomic mass is 10.1. The minimum Gasteiger partial charge on any atom is -0.341 e.